The molecule has 2 rings (SSSR count). The number of piperazine rings is 1. The molecule has 0 spiro atoms. The molecule has 1 atom stereocenters. The van der Waals surface area contributed by atoms with Crippen molar-refractivity contribution in [2.45, 2.75) is 12.8 Å². The SMILES string of the molecule is COC(=O)C(CN1CCNCC1)c1ccc(C)o1. The molecule has 5 heteroatoms. The molecule has 0 saturated carbocycles. The largest absolute Gasteiger partial charge is 0.468 e. The molecule has 1 aliphatic rings. The van der Waals surface area contributed by atoms with Crippen molar-refractivity contribution in [2.75, 3.05) is 39.8 Å². The van der Waals surface area contributed by atoms with Crippen LogP contribution in [0.3, 0.4) is 0 Å². The van der Waals surface area contributed by atoms with Gasteiger partial charge in [0.15, 0.2) is 0 Å². The fourth-order valence-corrected chi connectivity index (χ4v) is 2.22. The van der Waals surface area contributed by atoms with Gasteiger partial charge in [0, 0.05) is 32.7 Å². The van der Waals surface area contributed by atoms with Crippen LogP contribution in [0.4, 0.5) is 0 Å². The van der Waals surface area contributed by atoms with Crippen LogP contribution in [-0.2, 0) is 9.53 Å². The number of carbonyl (C=O) groups excluding carboxylic acids is 1. The van der Waals surface area contributed by atoms with Gasteiger partial charge in [-0.25, -0.2) is 0 Å². The lowest BCUT2D eigenvalue weighted by atomic mass is 10.1. The number of methoxy groups -OCH3 is 1. The van der Waals surface area contributed by atoms with Crippen LogP contribution in [-0.4, -0.2) is 50.7 Å². The average molecular weight is 252 g/mol. The van der Waals surface area contributed by atoms with Crippen LogP contribution >= 0.6 is 0 Å². The van der Waals surface area contributed by atoms with E-state index in [1.54, 1.807) is 0 Å². The minimum atomic E-state index is -0.332. The summed E-state index contributed by atoms with van der Waals surface area (Å²) in [6.07, 6.45) is 0. The van der Waals surface area contributed by atoms with E-state index in [-0.39, 0.29) is 11.9 Å². The van der Waals surface area contributed by atoms with Crippen LogP contribution in [0.1, 0.15) is 17.4 Å². The highest BCUT2D eigenvalue weighted by Crippen LogP contribution is 2.21. The second-order valence-electron chi connectivity index (χ2n) is 4.57. The molecule has 2 heterocycles. The maximum atomic E-state index is 11.9. The van der Waals surface area contributed by atoms with Gasteiger partial charge in [-0.15, -0.1) is 0 Å². The summed E-state index contributed by atoms with van der Waals surface area (Å²) in [5.41, 5.74) is 0. The summed E-state index contributed by atoms with van der Waals surface area (Å²) in [4.78, 5) is 14.1. The Kier molecular flexibility index (Phi) is 4.38. The lowest BCUT2D eigenvalue weighted by Gasteiger charge is -2.29. The lowest BCUT2D eigenvalue weighted by molar-refractivity contribution is -0.143. The van der Waals surface area contributed by atoms with Crippen molar-refractivity contribution in [1.29, 1.82) is 0 Å². The Morgan fingerprint density at radius 1 is 1.50 bits per heavy atom. The van der Waals surface area contributed by atoms with E-state index in [9.17, 15) is 4.79 Å². The first kappa shape index (κ1) is 13.1. The topological polar surface area (TPSA) is 54.7 Å². The molecule has 0 amide bonds. The van der Waals surface area contributed by atoms with Crippen molar-refractivity contribution >= 4 is 5.97 Å². The smallest absolute Gasteiger partial charge is 0.317 e. The van der Waals surface area contributed by atoms with Crippen molar-refractivity contribution in [3.63, 3.8) is 0 Å². The molecule has 0 radical (unpaired) electrons. The molecule has 0 aromatic carbocycles. The zero-order valence-corrected chi connectivity index (χ0v) is 10.9. The number of esters is 1. The molecule has 100 valence electrons. The molecule has 0 aliphatic carbocycles. The molecule has 1 aromatic rings. The van der Waals surface area contributed by atoms with Crippen LogP contribution in [0.15, 0.2) is 16.5 Å². The number of aryl methyl sites for hydroxylation is 1. The molecule has 1 unspecified atom stereocenters. The molecule has 1 fully saturated rings. The second kappa shape index (κ2) is 6.02. The highest BCUT2D eigenvalue weighted by atomic mass is 16.5. The van der Waals surface area contributed by atoms with E-state index in [4.69, 9.17) is 9.15 Å². The number of carbonyl (C=O) groups is 1. The molecular formula is C13H20N2O3. The number of hydrogen-bond donors (Lipinski definition) is 1. The van der Waals surface area contributed by atoms with Gasteiger partial charge in [-0.3, -0.25) is 9.69 Å². The summed E-state index contributed by atoms with van der Waals surface area (Å²) in [6, 6.07) is 3.74. The van der Waals surface area contributed by atoms with Gasteiger partial charge in [0.1, 0.15) is 17.4 Å². The van der Waals surface area contributed by atoms with E-state index >= 15 is 0 Å². The zero-order chi connectivity index (χ0) is 13.0. The van der Waals surface area contributed by atoms with E-state index in [1.165, 1.54) is 7.11 Å². The van der Waals surface area contributed by atoms with E-state index in [0.29, 0.717) is 12.3 Å². The lowest BCUT2D eigenvalue weighted by Crippen LogP contribution is -2.45. The van der Waals surface area contributed by atoms with Gasteiger partial charge >= 0.3 is 5.97 Å². The monoisotopic (exact) mass is 252 g/mol. The standard InChI is InChI=1S/C13H20N2O3/c1-10-3-4-12(18-10)11(13(16)17-2)9-15-7-5-14-6-8-15/h3-4,11,14H,5-9H2,1-2H3. The van der Waals surface area contributed by atoms with Gasteiger partial charge in [0.2, 0.25) is 0 Å². The Labute approximate surface area is 107 Å². The number of rotatable bonds is 4. The van der Waals surface area contributed by atoms with Crippen LogP contribution in [0.2, 0.25) is 0 Å². The molecule has 0 bridgehead atoms. The fraction of sp³-hybridized carbons (Fsp3) is 0.615. The van der Waals surface area contributed by atoms with Crippen molar-refractivity contribution < 1.29 is 13.9 Å². The van der Waals surface area contributed by atoms with Crippen molar-refractivity contribution in [2.24, 2.45) is 0 Å². The molecule has 18 heavy (non-hydrogen) atoms. The van der Waals surface area contributed by atoms with Gasteiger partial charge in [-0.05, 0) is 19.1 Å². The third-order valence-electron chi connectivity index (χ3n) is 3.24. The van der Waals surface area contributed by atoms with Gasteiger partial charge < -0.3 is 14.5 Å². The average Bonchev–Trinajstić information content (AvgIpc) is 2.83. The highest BCUT2D eigenvalue weighted by molar-refractivity contribution is 5.77. The number of ether oxygens (including phenoxy) is 1. The Bertz CT molecular complexity index is 397. The van der Waals surface area contributed by atoms with Crippen molar-refractivity contribution in [3.05, 3.63) is 23.7 Å². The normalized spacial score (nSPS) is 18.6. The van der Waals surface area contributed by atoms with Crippen molar-refractivity contribution in [3.8, 4) is 0 Å². The van der Waals surface area contributed by atoms with E-state index < -0.39 is 0 Å². The first-order valence-corrected chi connectivity index (χ1v) is 6.28. The summed E-state index contributed by atoms with van der Waals surface area (Å²) in [5.74, 6) is 0.946. The third kappa shape index (κ3) is 3.11. The Balaban J connectivity index is 2.07. The van der Waals surface area contributed by atoms with E-state index in [2.05, 4.69) is 10.2 Å². The van der Waals surface area contributed by atoms with E-state index in [1.807, 2.05) is 19.1 Å². The number of nitrogens with one attached hydrogen (secondary N) is 1. The Hall–Kier alpha value is -1.33. The molecule has 1 saturated heterocycles. The molecule has 1 N–H and O–H groups in total. The molecule has 1 aromatic heterocycles. The summed E-state index contributed by atoms with van der Waals surface area (Å²) >= 11 is 0. The van der Waals surface area contributed by atoms with Crippen LogP contribution in [0.5, 0.6) is 0 Å². The predicted octanol–water partition coefficient (Wildman–Crippen LogP) is 0.750. The number of hydrogen-bond acceptors (Lipinski definition) is 5. The number of furan rings is 1. The summed E-state index contributed by atoms with van der Waals surface area (Å²) in [5, 5.41) is 3.29. The predicted molar refractivity (Wildman–Crippen MR) is 67.5 cm³/mol. The fourth-order valence-electron chi connectivity index (χ4n) is 2.22. The molecule has 5 nitrogen and oxygen atoms in total. The zero-order valence-electron chi connectivity index (χ0n) is 10.9. The van der Waals surface area contributed by atoms with Gasteiger partial charge in [-0.2, -0.15) is 0 Å². The van der Waals surface area contributed by atoms with Crippen LogP contribution < -0.4 is 5.32 Å². The number of nitrogens with zero attached hydrogens (tertiary/aromatic N) is 1. The Morgan fingerprint density at radius 2 is 2.22 bits per heavy atom. The minimum absolute atomic E-state index is 0.233. The maximum Gasteiger partial charge on any atom is 0.317 e. The highest BCUT2D eigenvalue weighted by Gasteiger charge is 2.27. The summed E-state index contributed by atoms with van der Waals surface area (Å²) in [6.45, 7) is 6.36. The summed E-state index contributed by atoms with van der Waals surface area (Å²) < 4.78 is 10.4. The van der Waals surface area contributed by atoms with Gasteiger partial charge in [0.25, 0.3) is 0 Å². The second-order valence-corrected chi connectivity index (χ2v) is 4.57. The first-order chi connectivity index (χ1) is 8.70. The van der Waals surface area contributed by atoms with Gasteiger partial charge in [0.05, 0.1) is 7.11 Å². The van der Waals surface area contributed by atoms with E-state index in [0.717, 1.165) is 31.9 Å². The van der Waals surface area contributed by atoms with Crippen LogP contribution in [0, 0.1) is 6.92 Å². The summed E-state index contributed by atoms with van der Waals surface area (Å²) in [7, 11) is 1.42. The van der Waals surface area contributed by atoms with Crippen molar-refractivity contribution in [1.82, 2.24) is 10.2 Å². The first-order valence-electron chi connectivity index (χ1n) is 6.28. The maximum absolute atomic E-state index is 11.9. The molecule has 1 aliphatic heterocycles. The quantitative estimate of drug-likeness (QED) is 0.801. The van der Waals surface area contributed by atoms with Crippen LogP contribution in [0.25, 0.3) is 0 Å². The third-order valence-corrected chi connectivity index (χ3v) is 3.24. The van der Waals surface area contributed by atoms with Gasteiger partial charge in [-0.1, -0.05) is 0 Å². The Morgan fingerprint density at radius 3 is 2.78 bits per heavy atom. The molecular weight excluding hydrogens is 232 g/mol. The minimum Gasteiger partial charge on any atom is -0.468 e.